The monoisotopic (exact) mass is 448 g/mol. The van der Waals surface area contributed by atoms with Crippen LogP contribution in [0.15, 0.2) is 58.3 Å². The van der Waals surface area contributed by atoms with Crippen LogP contribution in [0.1, 0.15) is 42.7 Å². The minimum absolute atomic E-state index is 0.119. The number of morpholine rings is 1. The van der Waals surface area contributed by atoms with Gasteiger partial charge in [-0.1, -0.05) is 18.2 Å². The molecule has 1 fully saturated rings. The third kappa shape index (κ3) is 5.24. The molecule has 0 aliphatic carbocycles. The number of rotatable bonds is 6. The molecule has 2 aromatic carbocycles. The number of carbonyl (C=O) groups excluding carboxylic acids is 1. The van der Waals surface area contributed by atoms with Crippen molar-refractivity contribution >= 4 is 27.7 Å². The van der Waals surface area contributed by atoms with Crippen molar-refractivity contribution in [3.63, 3.8) is 0 Å². The van der Waals surface area contributed by atoms with Crippen LogP contribution in [0.5, 0.6) is 0 Å². The molecule has 1 aliphatic heterocycles. The maximum absolute atomic E-state index is 13.1. The Bertz CT molecular complexity index is 982. The largest absolute Gasteiger partial charge is 0.373 e. The molecule has 3 rings (SSSR count). The average Bonchev–Trinajstić information content (AvgIpc) is 2.73. The number of nitrogens with zero attached hydrogens (tertiary/aromatic N) is 1. The summed E-state index contributed by atoms with van der Waals surface area (Å²) in [4.78, 5) is 14.0. The van der Waals surface area contributed by atoms with Crippen molar-refractivity contribution in [2.75, 3.05) is 19.3 Å². The Morgan fingerprint density at radius 1 is 1.13 bits per heavy atom. The standard InChI is InChI=1S/C22H28N2O4S2/c1-15-13-24(14-16(2)28-15)30(26,27)21-7-5-6-19(12-21)22(25)23-17(3)18-8-10-20(29-4)11-9-18/h5-12,15-17H,13-14H2,1-4H3,(H,23,25). The van der Waals surface area contributed by atoms with Gasteiger partial charge in [-0.25, -0.2) is 8.42 Å². The fourth-order valence-corrected chi connectivity index (χ4v) is 5.57. The van der Waals surface area contributed by atoms with Gasteiger partial charge in [-0.15, -0.1) is 11.8 Å². The Morgan fingerprint density at radius 3 is 2.37 bits per heavy atom. The fourth-order valence-electron chi connectivity index (χ4n) is 3.53. The Hall–Kier alpha value is -1.87. The smallest absolute Gasteiger partial charge is 0.251 e. The van der Waals surface area contributed by atoms with Crippen molar-refractivity contribution in [1.82, 2.24) is 9.62 Å². The van der Waals surface area contributed by atoms with Crippen LogP contribution >= 0.6 is 11.8 Å². The normalized spacial score (nSPS) is 21.2. The van der Waals surface area contributed by atoms with E-state index in [9.17, 15) is 13.2 Å². The maximum atomic E-state index is 13.1. The van der Waals surface area contributed by atoms with Crippen LogP contribution in [0.2, 0.25) is 0 Å². The molecule has 1 heterocycles. The number of nitrogens with one attached hydrogen (secondary N) is 1. The van der Waals surface area contributed by atoms with Crippen LogP contribution in [0, 0.1) is 0 Å². The third-order valence-corrected chi connectivity index (χ3v) is 7.65. The van der Waals surface area contributed by atoms with Gasteiger partial charge in [0, 0.05) is 23.5 Å². The zero-order valence-electron chi connectivity index (χ0n) is 17.7. The van der Waals surface area contributed by atoms with Gasteiger partial charge >= 0.3 is 0 Å². The highest BCUT2D eigenvalue weighted by molar-refractivity contribution is 7.98. The van der Waals surface area contributed by atoms with Gasteiger partial charge in [0.25, 0.3) is 5.91 Å². The first kappa shape index (κ1) is 22.8. The van der Waals surface area contributed by atoms with Gasteiger partial charge in [0.1, 0.15) is 0 Å². The van der Waals surface area contributed by atoms with Crippen molar-refractivity contribution in [3.05, 3.63) is 59.7 Å². The molecule has 8 heteroatoms. The molecule has 2 aromatic rings. The van der Waals surface area contributed by atoms with E-state index in [1.54, 1.807) is 23.9 Å². The third-order valence-electron chi connectivity index (χ3n) is 5.08. The highest BCUT2D eigenvalue weighted by atomic mass is 32.2. The van der Waals surface area contributed by atoms with Gasteiger partial charge in [-0.2, -0.15) is 4.31 Å². The number of thioether (sulfide) groups is 1. The molecule has 0 radical (unpaired) electrons. The highest BCUT2D eigenvalue weighted by Crippen LogP contribution is 2.23. The maximum Gasteiger partial charge on any atom is 0.251 e. The molecular weight excluding hydrogens is 420 g/mol. The SMILES string of the molecule is CSc1ccc(C(C)NC(=O)c2cccc(S(=O)(=O)N3CC(C)OC(C)C3)c2)cc1. The topological polar surface area (TPSA) is 75.7 Å². The molecule has 0 bridgehead atoms. The van der Waals surface area contributed by atoms with Gasteiger partial charge in [-0.3, -0.25) is 4.79 Å². The molecule has 6 nitrogen and oxygen atoms in total. The lowest BCUT2D eigenvalue weighted by molar-refractivity contribution is -0.0440. The van der Waals surface area contributed by atoms with Crippen molar-refractivity contribution in [1.29, 1.82) is 0 Å². The number of hydrogen-bond acceptors (Lipinski definition) is 5. The van der Waals surface area contributed by atoms with Crippen molar-refractivity contribution in [3.8, 4) is 0 Å². The lowest BCUT2D eigenvalue weighted by atomic mass is 10.1. The minimum atomic E-state index is -3.70. The average molecular weight is 449 g/mol. The summed E-state index contributed by atoms with van der Waals surface area (Å²) in [5, 5.41) is 2.95. The Kier molecular flexibility index (Phi) is 7.23. The van der Waals surface area contributed by atoms with Crippen molar-refractivity contribution in [2.45, 2.75) is 48.8 Å². The quantitative estimate of drug-likeness (QED) is 0.682. The van der Waals surface area contributed by atoms with Crippen LogP contribution < -0.4 is 5.32 Å². The zero-order valence-corrected chi connectivity index (χ0v) is 19.3. The molecule has 1 saturated heterocycles. The van der Waals surface area contributed by atoms with Gasteiger partial charge in [0.2, 0.25) is 10.0 Å². The van der Waals surface area contributed by atoms with Gasteiger partial charge in [-0.05, 0) is 62.9 Å². The molecule has 3 atom stereocenters. The lowest BCUT2D eigenvalue weighted by Gasteiger charge is -2.34. The van der Waals surface area contributed by atoms with Gasteiger partial charge in [0.15, 0.2) is 0 Å². The second-order valence-electron chi connectivity index (χ2n) is 7.58. The zero-order chi connectivity index (χ0) is 21.9. The van der Waals surface area contributed by atoms with E-state index >= 15 is 0 Å². The number of benzene rings is 2. The van der Waals surface area contributed by atoms with E-state index in [0.717, 1.165) is 10.5 Å². The number of carbonyl (C=O) groups is 1. The summed E-state index contributed by atoms with van der Waals surface area (Å²) in [6.07, 6.45) is 1.67. The van der Waals surface area contributed by atoms with E-state index in [1.165, 1.54) is 16.4 Å². The molecule has 3 unspecified atom stereocenters. The molecule has 0 aromatic heterocycles. The Labute approximate surface area is 183 Å². The summed E-state index contributed by atoms with van der Waals surface area (Å²) in [6.45, 7) is 6.21. The Morgan fingerprint density at radius 2 is 1.77 bits per heavy atom. The second kappa shape index (κ2) is 9.51. The molecule has 1 N–H and O–H groups in total. The molecular formula is C22H28N2O4S2. The predicted octanol–water partition coefficient (Wildman–Crippen LogP) is 3.70. The van der Waals surface area contributed by atoms with E-state index in [4.69, 9.17) is 4.74 Å². The fraction of sp³-hybridized carbons (Fsp3) is 0.409. The summed E-state index contributed by atoms with van der Waals surface area (Å²) < 4.78 is 33.3. The number of amides is 1. The summed E-state index contributed by atoms with van der Waals surface area (Å²) in [5.74, 6) is -0.308. The van der Waals surface area contributed by atoms with Crippen LogP contribution in [0.25, 0.3) is 0 Å². The Balaban J connectivity index is 1.76. The van der Waals surface area contributed by atoms with Crippen LogP contribution in [0.4, 0.5) is 0 Å². The molecule has 30 heavy (non-hydrogen) atoms. The number of sulfonamides is 1. The van der Waals surface area contributed by atoms with Gasteiger partial charge in [0.05, 0.1) is 23.1 Å². The number of ether oxygens (including phenoxy) is 1. The summed E-state index contributed by atoms with van der Waals surface area (Å²) in [7, 11) is -3.70. The molecule has 1 amide bonds. The first-order chi connectivity index (χ1) is 14.2. The van der Waals surface area contributed by atoms with E-state index in [0.29, 0.717) is 18.7 Å². The van der Waals surface area contributed by atoms with E-state index in [1.807, 2.05) is 51.3 Å². The van der Waals surface area contributed by atoms with Crippen LogP contribution in [-0.4, -0.2) is 50.2 Å². The van der Waals surface area contributed by atoms with Crippen molar-refractivity contribution < 1.29 is 17.9 Å². The lowest BCUT2D eigenvalue weighted by Crippen LogP contribution is -2.48. The van der Waals surface area contributed by atoms with E-state index < -0.39 is 10.0 Å². The summed E-state index contributed by atoms with van der Waals surface area (Å²) in [6, 6.07) is 14.0. The van der Waals surface area contributed by atoms with Crippen LogP contribution in [-0.2, 0) is 14.8 Å². The molecule has 1 aliphatic rings. The number of hydrogen-bond donors (Lipinski definition) is 1. The second-order valence-corrected chi connectivity index (χ2v) is 10.4. The first-order valence-electron chi connectivity index (χ1n) is 9.91. The minimum Gasteiger partial charge on any atom is -0.373 e. The summed E-state index contributed by atoms with van der Waals surface area (Å²) in [5.41, 5.74) is 1.30. The predicted molar refractivity (Wildman–Crippen MR) is 119 cm³/mol. The van der Waals surface area contributed by atoms with E-state index in [-0.39, 0.29) is 29.1 Å². The molecule has 0 saturated carbocycles. The molecule has 162 valence electrons. The van der Waals surface area contributed by atoms with Gasteiger partial charge < -0.3 is 10.1 Å². The van der Waals surface area contributed by atoms with Crippen LogP contribution in [0.3, 0.4) is 0 Å². The summed E-state index contributed by atoms with van der Waals surface area (Å²) >= 11 is 1.66. The first-order valence-corrected chi connectivity index (χ1v) is 12.6. The molecule has 0 spiro atoms. The highest BCUT2D eigenvalue weighted by Gasteiger charge is 2.32. The van der Waals surface area contributed by atoms with Crippen molar-refractivity contribution in [2.24, 2.45) is 0 Å². The van der Waals surface area contributed by atoms with E-state index in [2.05, 4.69) is 5.32 Å².